The monoisotopic (exact) mass is 460 g/mol. The van der Waals surface area contributed by atoms with Gasteiger partial charge in [-0.15, -0.1) is 13.2 Å². The maximum Gasteiger partial charge on any atom is 0.573 e. The fraction of sp³-hybridized carbons (Fsp3) is 0.500. The average Bonchev–Trinajstić information content (AvgIpc) is 2.70. The van der Waals surface area contributed by atoms with Crippen LogP contribution in [-0.4, -0.2) is 6.36 Å². The normalized spacial score (nSPS) is 23.7. The zero-order valence-electron chi connectivity index (χ0n) is 17.5. The van der Waals surface area contributed by atoms with E-state index in [4.69, 9.17) is 0 Å². The summed E-state index contributed by atoms with van der Waals surface area (Å²) in [6.07, 6.45) is -1.52. The Labute approximate surface area is 181 Å². The SMILES string of the molecule is CC1CCC(c2cc(F)c(C3CCc4c(cc(F)c(OC(F)(F)F)c4F)C3)c(F)c2)CC1. The molecular weight excluding hydrogens is 437 g/mol. The smallest absolute Gasteiger partial charge is 0.399 e. The molecule has 4 rings (SSSR count). The van der Waals surface area contributed by atoms with Crippen molar-refractivity contribution >= 4 is 0 Å². The molecule has 1 unspecified atom stereocenters. The van der Waals surface area contributed by atoms with Gasteiger partial charge in [-0.05, 0) is 84.7 Å². The second-order valence-electron chi connectivity index (χ2n) is 8.98. The summed E-state index contributed by atoms with van der Waals surface area (Å²) in [5.74, 6) is -5.76. The molecule has 1 saturated carbocycles. The van der Waals surface area contributed by atoms with E-state index in [-0.39, 0.29) is 41.9 Å². The van der Waals surface area contributed by atoms with Crippen molar-refractivity contribution in [1.29, 1.82) is 0 Å². The molecule has 8 heteroatoms. The zero-order chi connectivity index (χ0) is 23.2. The summed E-state index contributed by atoms with van der Waals surface area (Å²) in [4.78, 5) is 0. The number of benzene rings is 2. The van der Waals surface area contributed by atoms with Crippen LogP contribution in [-0.2, 0) is 12.8 Å². The zero-order valence-corrected chi connectivity index (χ0v) is 17.5. The highest BCUT2D eigenvalue weighted by molar-refractivity contribution is 5.43. The third-order valence-electron chi connectivity index (χ3n) is 6.79. The molecule has 2 aliphatic carbocycles. The fourth-order valence-corrected chi connectivity index (χ4v) is 5.11. The Morgan fingerprint density at radius 2 is 1.44 bits per heavy atom. The van der Waals surface area contributed by atoms with Crippen LogP contribution in [0.2, 0.25) is 0 Å². The van der Waals surface area contributed by atoms with Gasteiger partial charge in [0.2, 0.25) is 5.75 Å². The Morgan fingerprint density at radius 3 is 2.03 bits per heavy atom. The number of rotatable bonds is 3. The molecular formula is C24H23F7O. The van der Waals surface area contributed by atoms with Crippen molar-refractivity contribution < 1.29 is 35.5 Å². The van der Waals surface area contributed by atoms with E-state index in [0.29, 0.717) is 11.5 Å². The van der Waals surface area contributed by atoms with Crippen LogP contribution in [0.3, 0.4) is 0 Å². The lowest BCUT2D eigenvalue weighted by atomic mass is 9.77. The van der Waals surface area contributed by atoms with E-state index in [1.54, 1.807) is 0 Å². The summed E-state index contributed by atoms with van der Waals surface area (Å²) in [5.41, 5.74) is 0.462. The number of hydrogen-bond acceptors (Lipinski definition) is 1. The largest absolute Gasteiger partial charge is 0.573 e. The van der Waals surface area contributed by atoms with E-state index < -0.39 is 41.3 Å². The van der Waals surface area contributed by atoms with Crippen LogP contribution < -0.4 is 4.74 Å². The lowest BCUT2D eigenvalue weighted by Crippen LogP contribution is -2.22. The molecule has 1 atom stereocenters. The highest BCUT2D eigenvalue weighted by atomic mass is 19.4. The highest BCUT2D eigenvalue weighted by Crippen LogP contribution is 2.42. The first kappa shape index (κ1) is 22.9. The molecule has 0 bridgehead atoms. The van der Waals surface area contributed by atoms with E-state index in [0.717, 1.165) is 31.7 Å². The van der Waals surface area contributed by atoms with Gasteiger partial charge < -0.3 is 4.74 Å². The van der Waals surface area contributed by atoms with Gasteiger partial charge in [-0.25, -0.2) is 17.6 Å². The molecule has 0 radical (unpaired) electrons. The fourth-order valence-electron chi connectivity index (χ4n) is 5.11. The third-order valence-corrected chi connectivity index (χ3v) is 6.79. The van der Waals surface area contributed by atoms with Gasteiger partial charge in [0, 0.05) is 5.56 Å². The molecule has 0 N–H and O–H groups in total. The quantitative estimate of drug-likeness (QED) is 0.427. The van der Waals surface area contributed by atoms with Gasteiger partial charge in [-0.1, -0.05) is 19.8 Å². The van der Waals surface area contributed by atoms with E-state index in [1.807, 2.05) is 0 Å². The van der Waals surface area contributed by atoms with Crippen molar-refractivity contribution in [1.82, 2.24) is 0 Å². The summed E-state index contributed by atoms with van der Waals surface area (Å²) >= 11 is 0. The number of alkyl halides is 3. The maximum absolute atomic E-state index is 15.0. The van der Waals surface area contributed by atoms with E-state index in [2.05, 4.69) is 11.7 Å². The van der Waals surface area contributed by atoms with Gasteiger partial charge >= 0.3 is 6.36 Å². The van der Waals surface area contributed by atoms with Crippen LogP contribution in [0.15, 0.2) is 18.2 Å². The van der Waals surface area contributed by atoms with Gasteiger partial charge in [0.25, 0.3) is 0 Å². The van der Waals surface area contributed by atoms with Crippen molar-refractivity contribution in [3.8, 4) is 5.75 Å². The molecule has 1 fully saturated rings. The topological polar surface area (TPSA) is 9.23 Å². The second-order valence-corrected chi connectivity index (χ2v) is 8.98. The summed E-state index contributed by atoms with van der Waals surface area (Å²) < 4.78 is 99.4. The predicted molar refractivity (Wildman–Crippen MR) is 105 cm³/mol. The van der Waals surface area contributed by atoms with Crippen LogP contribution in [0.5, 0.6) is 5.75 Å². The van der Waals surface area contributed by atoms with Crippen molar-refractivity contribution in [2.75, 3.05) is 0 Å². The van der Waals surface area contributed by atoms with Crippen LogP contribution in [0.4, 0.5) is 30.7 Å². The van der Waals surface area contributed by atoms with Crippen LogP contribution >= 0.6 is 0 Å². The molecule has 0 saturated heterocycles. The molecule has 32 heavy (non-hydrogen) atoms. The lowest BCUT2D eigenvalue weighted by Gasteiger charge is -2.29. The maximum atomic E-state index is 15.0. The first-order chi connectivity index (χ1) is 15.0. The van der Waals surface area contributed by atoms with Gasteiger partial charge in [-0.3, -0.25) is 0 Å². The average molecular weight is 460 g/mol. The number of ether oxygens (including phenoxy) is 1. The van der Waals surface area contributed by atoms with Gasteiger partial charge in [0.1, 0.15) is 11.6 Å². The van der Waals surface area contributed by atoms with Crippen molar-refractivity contribution in [3.63, 3.8) is 0 Å². The van der Waals surface area contributed by atoms with E-state index in [9.17, 15) is 30.7 Å². The molecule has 0 aliphatic heterocycles. The van der Waals surface area contributed by atoms with E-state index >= 15 is 0 Å². The van der Waals surface area contributed by atoms with Gasteiger partial charge in [-0.2, -0.15) is 0 Å². The first-order valence-electron chi connectivity index (χ1n) is 10.8. The summed E-state index contributed by atoms with van der Waals surface area (Å²) in [7, 11) is 0. The first-order valence-corrected chi connectivity index (χ1v) is 10.8. The molecule has 2 aromatic carbocycles. The molecule has 1 nitrogen and oxygen atoms in total. The van der Waals surface area contributed by atoms with Gasteiger partial charge in [0.15, 0.2) is 11.6 Å². The minimum absolute atomic E-state index is 0.0798. The minimum Gasteiger partial charge on any atom is -0.399 e. The molecule has 0 amide bonds. The van der Waals surface area contributed by atoms with Crippen LogP contribution in [0, 0.1) is 29.2 Å². The third kappa shape index (κ3) is 4.59. The number of hydrogen-bond donors (Lipinski definition) is 0. The molecule has 2 aliphatic rings. The molecule has 2 aromatic rings. The second kappa shape index (κ2) is 8.60. The summed E-state index contributed by atoms with van der Waals surface area (Å²) in [6.45, 7) is 2.16. The Hall–Kier alpha value is -2.25. The number of halogens is 7. The number of fused-ring (bicyclic) bond motifs is 1. The van der Waals surface area contributed by atoms with E-state index in [1.165, 1.54) is 12.1 Å². The standard InChI is InChI=1S/C24H23F7O/c1-12-2-4-13(5-3-12)15-9-18(25)21(19(26)10-15)14-6-7-17-16(8-14)11-20(27)23(22(17)28)32-24(29,30)31/h9-14H,2-8H2,1H3. The van der Waals surface area contributed by atoms with Crippen molar-refractivity contribution in [3.05, 3.63) is 63.7 Å². The van der Waals surface area contributed by atoms with Crippen molar-refractivity contribution in [2.45, 2.75) is 70.1 Å². The lowest BCUT2D eigenvalue weighted by molar-refractivity contribution is -0.276. The van der Waals surface area contributed by atoms with Crippen LogP contribution in [0.1, 0.15) is 73.1 Å². The molecule has 0 aromatic heterocycles. The molecule has 0 spiro atoms. The summed E-state index contributed by atoms with van der Waals surface area (Å²) in [6, 6.07) is 3.48. The Kier molecular flexibility index (Phi) is 6.16. The van der Waals surface area contributed by atoms with Gasteiger partial charge in [0.05, 0.1) is 0 Å². The Bertz CT molecular complexity index is 983. The predicted octanol–water partition coefficient (Wildman–Crippen LogP) is 7.71. The molecule has 174 valence electrons. The van der Waals surface area contributed by atoms with Crippen LogP contribution in [0.25, 0.3) is 0 Å². The summed E-state index contributed by atoms with van der Waals surface area (Å²) in [5, 5.41) is 0. The van der Waals surface area contributed by atoms with Crippen molar-refractivity contribution in [2.24, 2.45) is 5.92 Å². The Morgan fingerprint density at radius 1 is 0.812 bits per heavy atom. The molecule has 0 heterocycles. The highest BCUT2D eigenvalue weighted by Gasteiger charge is 2.37. The Balaban J connectivity index is 1.60. The minimum atomic E-state index is -5.24.